The molecule has 0 atom stereocenters. The Bertz CT molecular complexity index is 1050. The van der Waals surface area contributed by atoms with Crippen molar-refractivity contribution in [1.82, 2.24) is 5.43 Å². The van der Waals surface area contributed by atoms with Crippen LogP contribution in [0.25, 0.3) is 0 Å². The molecule has 0 aliphatic carbocycles. The van der Waals surface area contributed by atoms with Crippen LogP contribution in [0.15, 0.2) is 70.2 Å². The summed E-state index contributed by atoms with van der Waals surface area (Å²) in [6.45, 7) is 0.260. The van der Waals surface area contributed by atoms with Gasteiger partial charge in [0.05, 0.1) is 18.9 Å². The van der Waals surface area contributed by atoms with E-state index in [1.807, 2.05) is 12.1 Å². The maximum Gasteiger partial charge on any atom is 0.275 e. The Hall–Kier alpha value is -2.54. The largest absolute Gasteiger partial charge is 0.496 e. The van der Waals surface area contributed by atoms with Gasteiger partial charge < -0.3 is 9.47 Å². The number of hydrogen-bond acceptors (Lipinski definition) is 4. The van der Waals surface area contributed by atoms with Crippen LogP contribution in [-0.4, -0.2) is 19.2 Å². The van der Waals surface area contributed by atoms with E-state index in [1.165, 1.54) is 13.3 Å². The number of benzene rings is 3. The van der Waals surface area contributed by atoms with Gasteiger partial charge in [-0.2, -0.15) is 5.10 Å². The van der Waals surface area contributed by atoms with Gasteiger partial charge in [-0.3, -0.25) is 4.79 Å². The molecule has 0 bridgehead atoms. The smallest absolute Gasteiger partial charge is 0.275 e. The van der Waals surface area contributed by atoms with Gasteiger partial charge in [0.15, 0.2) is 0 Å². The molecule has 1 N–H and O–H groups in total. The zero-order valence-corrected chi connectivity index (χ0v) is 19.0. The predicted octanol–water partition coefficient (Wildman–Crippen LogP) is 6.11. The summed E-state index contributed by atoms with van der Waals surface area (Å²) in [7, 11) is 1.51. The zero-order valence-electron chi connectivity index (χ0n) is 15.9. The average molecular weight is 508 g/mol. The molecular weight excluding hydrogens is 491 g/mol. The Balaban J connectivity index is 1.58. The van der Waals surface area contributed by atoms with Crippen LogP contribution in [0.4, 0.5) is 0 Å². The van der Waals surface area contributed by atoms with Crippen molar-refractivity contribution in [3.05, 3.63) is 91.9 Å². The van der Waals surface area contributed by atoms with Gasteiger partial charge >= 0.3 is 0 Å². The van der Waals surface area contributed by atoms with E-state index in [4.69, 9.17) is 32.7 Å². The van der Waals surface area contributed by atoms with Gasteiger partial charge in [0.25, 0.3) is 5.91 Å². The van der Waals surface area contributed by atoms with Crippen LogP contribution >= 0.6 is 39.1 Å². The topological polar surface area (TPSA) is 59.9 Å². The van der Waals surface area contributed by atoms with E-state index < -0.39 is 0 Å². The van der Waals surface area contributed by atoms with Crippen LogP contribution in [-0.2, 0) is 6.61 Å². The lowest BCUT2D eigenvalue weighted by molar-refractivity contribution is 0.0952. The van der Waals surface area contributed by atoms with Crippen LogP contribution in [0.3, 0.4) is 0 Å². The van der Waals surface area contributed by atoms with Gasteiger partial charge in [0, 0.05) is 20.1 Å². The SMILES string of the molecule is COc1ccc(Br)cc1C(=O)N/N=C\c1ccc(OCc2c(Cl)cccc2Cl)cc1. The number of nitrogens with zero attached hydrogens (tertiary/aromatic N) is 1. The van der Waals surface area contributed by atoms with Crippen molar-refractivity contribution in [2.45, 2.75) is 6.61 Å². The highest BCUT2D eigenvalue weighted by Gasteiger charge is 2.12. The van der Waals surface area contributed by atoms with E-state index >= 15 is 0 Å². The van der Waals surface area contributed by atoms with Gasteiger partial charge in [-0.15, -0.1) is 0 Å². The summed E-state index contributed by atoms with van der Waals surface area (Å²) in [5.74, 6) is 0.748. The summed E-state index contributed by atoms with van der Waals surface area (Å²) in [5, 5.41) is 5.12. The monoisotopic (exact) mass is 506 g/mol. The van der Waals surface area contributed by atoms with Crippen molar-refractivity contribution in [2.24, 2.45) is 5.10 Å². The predicted molar refractivity (Wildman–Crippen MR) is 123 cm³/mol. The molecule has 0 saturated heterocycles. The van der Waals surface area contributed by atoms with E-state index in [2.05, 4.69) is 26.5 Å². The molecule has 0 radical (unpaired) electrons. The summed E-state index contributed by atoms with van der Waals surface area (Å²) in [5.41, 5.74) is 4.40. The molecule has 0 aliphatic rings. The summed E-state index contributed by atoms with van der Waals surface area (Å²) >= 11 is 15.6. The fourth-order valence-electron chi connectivity index (χ4n) is 2.56. The molecule has 5 nitrogen and oxygen atoms in total. The molecule has 3 rings (SSSR count). The molecule has 3 aromatic rings. The second-order valence-electron chi connectivity index (χ2n) is 6.10. The van der Waals surface area contributed by atoms with Crippen LogP contribution in [0, 0.1) is 0 Å². The minimum absolute atomic E-state index is 0.260. The number of rotatable bonds is 7. The number of amides is 1. The van der Waals surface area contributed by atoms with E-state index in [0.29, 0.717) is 27.1 Å². The fraction of sp³-hybridized carbons (Fsp3) is 0.0909. The Labute approximate surface area is 192 Å². The molecule has 0 heterocycles. The van der Waals surface area contributed by atoms with E-state index in [0.717, 1.165) is 15.6 Å². The summed E-state index contributed by atoms with van der Waals surface area (Å²) in [6.07, 6.45) is 1.54. The van der Waals surface area contributed by atoms with Crippen LogP contribution < -0.4 is 14.9 Å². The van der Waals surface area contributed by atoms with Crippen LogP contribution in [0.2, 0.25) is 10.0 Å². The number of methoxy groups -OCH3 is 1. The zero-order chi connectivity index (χ0) is 21.5. The lowest BCUT2D eigenvalue weighted by Crippen LogP contribution is -2.18. The molecule has 0 aromatic heterocycles. The van der Waals surface area contributed by atoms with Gasteiger partial charge in [-0.05, 0) is 60.2 Å². The number of halogens is 3. The van der Waals surface area contributed by atoms with E-state index in [-0.39, 0.29) is 12.5 Å². The molecule has 3 aromatic carbocycles. The Morgan fingerprint density at radius 2 is 1.80 bits per heavy atom. The van der Waals surface area contributed by atoms with Crippen LogP contribution in [0.5, 0.6) is 11.5 Å². The first-order valence-corrected chi connectivity index (χ1v) is 10.4. The first-order valence-electron chi connectivity index (χ1n) is 8.80. The van der Waals surface area contributed by atoms with Crippen molar-refractivity contribution in [3.8, 4) is 11.5 Å². The highest BCUT2D eigenvalue weighted by Crippen LogP contribution is 2.26. The number of carbonyl (C=O) groups excluding carboxylic acids is 1. The van der Waals surface area contributed by atoms with Gasteiger partial charge in [0.2, 0.25) is 0 Å². The molecular formula is C22H17BrCl2N2O3. The quantitative estimate of drug-likeness (QED) is 0.310. The maximum atomic E-state index is 12.3. The number of ether oxygens (including phenoxy) is 2. The second-order valence-corrected chi connectivity index (χ2v) is 7.83. The Morgan fingerprint density at radius 1 is 1.10 bits per heavy atom. The van der Waals surface area contributed by atoms with E-state index in [1.54, 1.807) is 48.5 Å². The summed E-state index contributed by atoms with van der Waals surface area (Å²) in [6, 6.07) is 17.7. The first kappa shape index (κ1) is 22.2. The molecule has 0 aliphatic heterocycles. The normalized spacial score (nSPS) is 10.8. The molecule has 8 heteroatoms. The van der Waals surface area contributed by atoms with Crippen molar-refractivity contribution in [3.63, 3.8) is 0 Å². The molecule has 0 spiro atoms. The Morgan fingerprint density at radius 3 is 2.47 bits per heavy atom. The molecule has 154 valence electrons. The van der Waals surface area contributed by atoms with Gasteiger partial charge in [-0.25, -0.2) is 5.43 Å². The Kier molecular flexibility index (Phi) is 7.74. The third-order valence-corrected chi connectivity index (χ3v) is 5.31. The van der Waals surface area contributed by atoms with E-state index in [9.17, 15) is 4.79 Å². The minimum atomic E-state index is -0.374. The number of nitrogens with one attached hydrogen (secondary N) is 1. The minimum Gasteiger partial charge on any atom is -0.496 e. The third-order valence-electron chi connectivity index (χ3n) is 4.11. The average Bonchev–Trinajstić information content (AvgIpc) is 2.74. The van der Waals surface area contributed by atoms with Gasteiger partial charge in [-0.1, -0.05) is 45.2 Å². The number of carbonyl (C=O) groups is 1. The van der Waals surface area contributed by atoms with Crippen molar-refractivity contribution >= 4 is 51.3 Å². The fourth-order valence-corrected chi connectivity index (χ4v) is 3.43. The third kappa shape index (κ3) is 5.75. The standard InChI is InChI=1S/C22H17BrCl2N2O3/c1-29-21-10-7-15(23)11-17(21)22(28)27-26-12-14-5-8-16(9-6-14)30-13-18-19(24)3-2-4-20(18)25/h2-12H,13H2,1H3,(H,27,28)/b26-12-. The highest BCUT2D eigenvalue weighted by molar-refractivity contribution is 9.10. The summed E-state index contributed by atoms with van der Waals surface area (Å²) in [4.78, 5) is 12.3. The highest BCUT2D eigenvalue weighted by atomic mass is 79.9. The molecule has 1 amide bonds. The molecule has 0 fully saturated rings. The molecule has 0 saturated carbocycles. The van der Waals surface area contributed by atoms with Crippen molar-refractivity contribution in [1.29, 1.82) is 0 Å². The lowest BCUT2D eigenvalue weighted by atomic mass is 10.2. The first-order chi connectivity index (χ1) is 14.5. The summed E-state index contributed by atoms with van der Waals surface area (Å²) < 4.78 is 11.7. The number of hydrogen-bond donors (Lipinski definition) is 1. The second kappa shape index (κ2) is 10.5. The molecule has 30 heavy (non-hydrogen) atoms. The maximum absolute atomic E-state index is 12.3. The van der Waals surface area contributed by atoms with Crippen molar-refractivity contribution < 1.29 is 14.3 Å². The van der Waals surface area contributed by atoms with Gasteiger partial charge in [0.1, 0.15) is 18.1 Å². The number of hydrazone groups is 1. The molecule has 0 unspecified atom stereocenters. The van der Waals surface area contributed by atoms with Crippen molar-refractivity contribution in [2.75, 3.05) is 7.11 Å². The van der Waals surface area contributed by atoms with Crippen LogP contribution in [0.1, 0.15) is 21.5 Å². The lowest BCUT2D eigenvalue weighted by Gasteiger charge is -2.09.